The largest absolute Gasteiger partial charge is 0.396 e. The Morgan fingerprint density at radius 3 is 2.69 bits per heavy atom. The third-order valence-electron chi connectivity index (χ3n) is 2.06. The molecule has 0 unspecified atom stereocenters. The van der Waals surface area contributed by atoms with E-state index >= 15 is 0 Å². The van der Waals surface area contributed by atoms with Gasteiger partial charge in [0, 0.05) is 31.2 Å². The summed E-state index contributed by atoms with van der Waals surface area (Å²) >= 11 is 0. The van der Waals surface area contributed by atoms with Gasteiger partial charge < -0.3 is 15.7 Å². The summed E-state index contributed by atoms with van der Waals surface area (Å²) in [5, 5.41) is 14.0. The van der Waals surface area contributed by atoms with Crippen LogP contribution in [0.15, 0.2) is 24.5 Å². The van der Waals surface area contributed by atoms with Crippen LogP contribution in [0.2, 0.25) is 0 Å². The van der Waals surface area contributed by atoms with Crippen LogP contribution in [0.25, 0.3) is 0 Å². The van der Waals surface area contributed by atoms with Crippen molar-refractivity contribution in [3.8, 4) is 0 Å². The fourth-order valence-electron chi connectivity index (χ4n) is 1.23. The first kappa shape index (κ1) is 12.4. The van der Waals surface area contributed by atoms with Gasteiger partial charge in [-0.1, -0.05) is 0 Å². The number of hydrogen-bond donors (Lipinski definition) is 3. The van der Waals surface area contributed by atoms with Crippen LogP contribution in [0.5, 0.6) is 0 Å². The van der Waals surface area contributed by atoms with Gasteiger partial charge in [-0.3, -0.25) is 4.98 Å². The molecule has 1 aromatic heterocycles. The van der Waals surface area contributed by atoms with Crippen LogP contribution in [-0.4, -0.2) is 29.3 Å². The summed E-state index contributed by atoms with van der Waals surface area (Å²) in [5.74, 6) is 0. The van der Waals surface area contributed by atoms with Gasteiger partial charge in [-0.05, 0) is 31.4 Å². The van der Waals surface area contributed by atoms with Crippen molar-refractivity contribution in [2.45, 2.75) is 19.3 Å². The first-order valence-electron chi connectivity index (χ1n) is 5.38. The Morgan fingerprint density at radius 1 is 1.25 bits per heavy atom. The van der Waals surface area contributed by atoms with Gasteiger partial charge in [0.1, 0.15) is 0 Å². The molecule has 2 amide bonds. The average molecular weight is 223 g/mol. The van der Waals surface area contributed by atoms with E-state index in [0.29, 0.717) is 6.54 Å². The summed E-state index contributed by atoms with van der Waals surface area (Å²) in [4.78, 5) is 15.2. The molecule has 0 aliphatic rings. The Balaban J connectivity index is 2.12. The number of unbranched alkanes of at least 4 members (excludes halogenated alkanes) is 2. The number of anilines is 1. The number of rotatable bonds is 6. The summed E-state index contributed by atoms with van der Waals surface area (Å²) in [5.41, 5.74) is 0.725. The zero-order valence-corrected chi connectivity index (χ0v) is 9.15. The minimum Gasteiger partial charge on any atom is -0.396 e. The van der Waals surface area contributed by atoms with Crippen molar-refractivity contribution in [3.05, 3.63) is 24.5 Å². The Morgan fingerprint density at radius 2 is 2.00 bits per heavy atom. The first-order chi connectivity index (χ1) is 7.83. The third-order valence-corrected chi connectivity index (χ3v) is 2.06. The number of urea groups is 1. The number of hydrogen-bond acceptors (Lipinski definition) is 3. The lowest BCUT2D eigenvalue weighted by Gasteiger charge is -2.06. The van der Waals surface area contributed by atoms with Gasteiger partial charge in [0.05, 0.1) is 0 Å². The standard InChI is InChI=1S/C11H17N3O2/c15-9-3-1-2-6-13-11(16)14-10-4-7-12-8-5-10/h4-5,7-8,15H,1-3,6,9H2,(H2,12,13,14,16). The zero-order chi connectivity index (χ0) is 11.6. The van der Waals surface area contributed by atoms with Gasteiger partial charge >= 0.3 is 6.03 Å². The number of pyridine rings is 1. The monoisotopic (exact) mass is 223 g/mol. The van der Waals surface area contributed by atoms with Gasteiger partial charge in [0.2, 0.25) is 0 Å². The molecule has 0 aliphatic carbocycles. The highest BCUT2D eigenvalue weighted by molar-refractivity contribution is 5.88. The SMILES string of the molecule is O=C(NCCCCCO)Nc1ccncc1. The Kier molecular flexibility index (Phi) is 5.95. The normalized spacial score (nSPS) is 9.81. The van der Waals surface area contributed by atoms with Crippen LogP contribution in [0, 0.1) is 0 Å². The highest BCUT2D eigenvalue weighted by atomic mass is 16.2. The van der Waals surface area contributed by atoms with Crippen molar-refractivity contribution in [3.63, 3.8) is 0 Å². The second-order valence-corrected chi connectivity index (χ2v) is 3.40. The molecule has 0 aliphatic heterocycles. The van der Waals surface area contributed by atoms with Crippen LogP contribution in [0.1, 0.15) is 19.3 Å². The smallest absolute Gasteiger partial charge is 0.319 e. The predicted molar refractivity (Wildman–Crippen MR) is 62.2 cm³/mol. The van der Waals surface area contributed by atoms with Crippen molar-refractivity contribution in [1.82, 2.24) is 10.3 Å². The van der Waals surface area contributed by atoms with Crippen molar-refractivity contribution in [2.75, 3.05) is 18.5 Å². The van der Waals surface area contributed by atoms with Crippen LogP contribution < -0.4 is 10.6 Å². The molecule has 0 saturated heterocycles. The molecule has 0 aromatic carbocycles. The predicted octanol–water partition coefficient (Wildman–Crippen LogP) is 1.37. The zero-order valence-electron chi connectivity index (χ0n) is 9.15. The van der Waals surface area contributed by atoms with E-state index in [-0.39, 0.29) is 12.6 Å². The second-order valence-electron chi connectivity index (χ2n) is 3.40. The van der Waals surface area contributed by atoms with Crippen molar-refractivity contribution in [1.29, 1.82) is 0 Å². The van der Waals surface area contributed by atoms with E-state index in [9.17, 15) is 4.79 Å². The highest BCUT2D eigenvalue weighted by Gasteiger charge is 1.99. The molecule has 0 atom stereocenters. The molecular formula is C11H17N3O2. The molecule has 0 fully saturated rings. The number of nitrogens with one attached hydrogen (secondary N) is 2. The molecule has 0 radical (unpaired) electrons. The van der Waals surface area contributed by atoms with Gasteiger partial charge in [0.25, 0.3) is 0 Å². The maximum absolute atomic E-state index is 11.4. The molecule has 0 saturated carbocycles. The molecule has 1 heterocycles. The van der Waals surface area contributed by atoms with Crippen molar-refractivity contribution >= 4 is 11.7 Å². The fraction of sp³-hybridized carbons (Fsp3) is 0.455. The van der Waals surface area contributed by atoms with Gasteiger partial charge in [0.15, 0.2) is 0 Å². The van der Waals surface area contributed by atoms with Gasteiger partial charge in [-0.25, -0.2) is 4.79 Å². The molecular weight excluding hydrogens is 206 g/mol. The summed E-state index contributed by atoms with van der Waals surface area (Å²) in [6.45, 7) is 0.833. The molecule has 3 N–H and O–H groups in total. The van der Waals surface area contributed by atoms with E-state index in [1.54, 1.807) is 24.5 Å². The minimum absolute atomic E-state index is 0.212. The fourth-order valence-corrected chi connectivity index (χ4v) is 1.23. The van der Waals surface area contributed by atoms with Crippen molar-refractivity contribution < 1.29 is 9.90 Å². The first-order valence-corrected chi connectivity index (χ1v) is 5.38. The second kappa shape index (κ2) is 7.64. The summed E-state index contributed by atoms with van der Waals surface area (Å²) in [7, 11) is 0. The van der Waals surface area contributed by atoms with Gasteiger partial charge in [-0.2, -0.15) is 0 Å². The molecule has 1 aromatic rings. The lowest BCUT2D eigenvalue weighted by atomic mass is 10.2. The number of carbonyl (C=O) groups excluding carboxylic acids is 1. The summed E-state index contributed by atoms with van der Waals surface area (Å²) < 4.78 is 0. The van der Waals surface area contributed by atoms with Crippen LogP contribution in [0.4, 0.5) is 10.5 Å². The quantitative estimate of drug-likeness (QED) is 0.637. The van der Waals surface area contributed by atoms with Crippen LogP contribution >= 0.6 is 0 Å². The Bertz CT molecular complexity index is 303. The molecule has 16 heavy (non-hydrogen) atoms. The number of carbonyl (C=O) groups is 1. The third kappa shape index (κ3) is 5.31. The maximum Gasteiger partial charge on any atom is 0.319 e. The minimum atomic E-state index is -0.213. The Labute approximate surface area is 94.9 Å². The number of amides is 2. The van der Waals surface area contributed by atoms with E-state index in [2.05, 4.69) is 15.6 Å². The molecule has 5 nitrogen and oxygen atoms in total. The molecule has 1 rings (SSSR count). The van der Waals surface area contributed by atoms with E-state index in [1.807, 2.05) is 0 Å². The number of aliphatic hydroxyl groups is 1. The van der Waals surface area contributed by atoms with Crippen LogP contribution in [0.3, 0.4) is 0 Å². The van der Waals surface area contributed by atoms with E-state index in [4.69, 9.17) is 5.11 Å². The topological polar surface area (TPSA) is 74.2 Å². The Hall–Kier alpha value is -1.62. The lowest BCUT2D eigenvalue weighted by molar-refractivity contribution is 0.251. The lowest BCUT2D eigenvalue weighted by Crippen LogP contribution is -2.29. The van der Waals surface area contributed by atoms with Crippen molar-refractivity contribution in [2.24, 2.45) is 0 Å². The van der Waals surface area contributed by atoms with E-state index in [0.717, 1.165) is 24.9 Å². The number of nitrogens with zero attached hydrogens (tertiary/aromatic N) is 1. The molecule has 88 valence electrons. The molecule has 0 bridgehead atoms. The number of aromatic nitrogens is 1. The van der Waals surface area contributed by atoms with Crippen LogP contribution in [-0.2, 0) is 0 Å². The van der Waals surface area contributed by atoms with Gasteiger partial charge in [-0.15, -0.1) is 0 Å². The van der Waals surface area contributed by atoms with E-state index in [1.165, 1.54) is 0 Å². The summed E-state index contributed by atoms with van der Waals surface area (Å²) in [6.07, 6.45) is 5.83. The number of aliphatic hydroxyl groups excluding tert-OH is 1. The summed E-state index contributed by atoms with van der Waals surface area (Å²) in [6, 6.07) is 3.24. The van der Waals surface area contributed by atoms with E-state index < -0.39 is 0 Å². The molecule has 5 heteroatoms. The maximum atomic E-state index is 11.4. The average Bonchev–Trinajstić information content (AvgIpc) is 2.30. The highest BCUT2D eigenvalue weighted by Crippen LogP contribution is 2.02. The molecule has 0 spiro atoms.